The minimum atomic E-state index is 0.599. The Balaban J connectivity index is 2.11. The molecule has 0 radical (unpaired) electrons. The molecule has 0 aliphatic rings. The fourth-order valence-corrected chi connectivity index (χ4v) is 2.98. The van der Waals surface area contributed by atoms with Crippen LogP contribution in [0.4, 0.5) is 0 Å². The molecular formula is C11H12N2S2. The Morgan fingerprint density at radius 2 is 2.07 bits per heavy atom. The Labute approximate surface area is 97.5 Å². The first-order valence-corrected chi connectivity index (χ1v) is 6.36. The summed E-state index contributed by atoms with van der Waals surface area (Å²) in [4.78, 5) is 5.62. The van der Waals surface area contributed by atoms with Crippen LogP contribution in [0.2, 0.25) is 0 Å². The number of benzene rings is 1. The molecule has 2 rings (SSSR count). The average molecular weight is 236 g/mol. The molecule has 0 amide bonds. The van der Waals surface area contributed by atoms with Gasteiger partial charge >= 0.3 is 0 Å². The molecule has 0 fully saturated rings. The number of hydrogen-bond acceptors (Lipinski definition) is 4. The molecule has 0 aliphatic heterocycles. The second kappa shape index (κ2) is 4.79. The van der Waals surface area contributed by atoms with E-state index < -0.39 is 0 Å². The van der Waals surface area contributed by atoms with Crippen molar-refractivity contribution >= 4 is 23.1 Å². The lowest BCUT2D eigenvalue weighted by atomic mass is 10.2. The van der Waals surface area contributed by atoms with Gasteiger partial charge in [0.15, 0.2) is 4.34 Å². The summed E-state index contributed by atoms with van der Waals surface area (Å²) in [6.45, 7) is 2.61. The largest absolute Gasteiger partial charge is 0.326 e. The zero-order valence-corrected chi connectivity index (χ0v) is 10.1. The van der Waals surface area contributed by atoms with Crippen LogP contribution >= 0.6 is 23.1 Å². The van der Waals surface area contributed by atoms with Crippen LogP contribution in [-0.4, -0.2) is 4.98 Å². The highest BCUT2D eigenvalue weighted by atomic mass is 32.2. The Bertz CT molecular complexity index is 434. The molecule has 2 aromatic rings. The van der Waals surface area contributed by atoms with Crippen molar-refractivity contribution in [2.24, 2.45) is 5.73 Å². The predicted octanol–water partition coefficient (Wildman–Crippen LogP) is 3.06. The molecule has 1 aromatic carbocycles. The molecule has 0 atom stereocenters. The van der Waals surface area contributed by atoms with Gasteiger partial charge in [-0.1, -0.05) is 23.9 Å². The third kappa shape index (κ3) is 2.81. The fraction of sp³-hybridized carbons (Fsp3) is 0.182. The van der Waals surface area contributed by atoms with E-state index in [1.807, 2.05) is 6.92 Å². The van der Waals surface area contributed by atoms with Crippen molar-refractivity contribution in [1.82, 2.24) is 4.98 Å². The van der Waals surface area contributed by atoms with Crippen LogP contribution in [0.15, 0.2) is 38.9 Å². The van der Waals surface area contributed by atoms with E-state index in [2.05, 4.69) is 34.6 Å². The topological polar surface area (TPSA) is 38.9 Å². The number of nitrogens with zero attached hydrogens (tertiary/aromatic N) is 1. The molecular weight excluding hydrogens is 224 g/mol. The highest BCUT2D eigenvalue weighted by molar-refractivity contribution is 8.01. The minimum Gasteiger partial charge on any atom is -0.326 e. The van der Waals surface area contributed by atoms with E-state index >= 15 is 0 Å². The molecule has 0 spiro atoms. The van der Waals surface area contributed by atoms with Gasteiger partial charge < -0.3 is 5.73 Å². The van der Waals surface area contributed by atoms with Gasteiger partial charge in [-0.05, 0) is 24.6 Å². The van der Waals surface area contributed by atoms with Gasteiger partial charge in [0, 0.05) is 22.5 Å². The molecule has 2 nitrogen and oxygen atoms in total. The highest BCUT2D eigenvalue weighted by Gasteiger charge is 2.01. The maximum atomic E-state index is 5.54. The molecule has 4 heteroatoms. The van der Waals surface area contributed by atoms with Crippen LogP contribution < -0.4 is 5.73 Å². The summed E-state index contributed by atoms with van der Waals surface area (Å²) in [6, 6.07) is 8.29. The van der Waals surface area contributed by atoms with Crippen LogP contribution in [0.1, 0.15) is 11.3 Å². The third-order valence-electron chi connectivity index (χ3n) is 1.96. The monoisotopic (exact) mass is 236 g/mol. The van der Waals surface area contributed by atoms with Crippen molar-refractivity contribution in [2.45, 2.75) is 22.7 Å². The van der Waals surface area contributed by atoms with Gasteiger partial charge in [-0.25, -0.2) is 4.98 Å². The third-order valence-corrected chi connectivity index (χ3v) is 4.03. The lowest BCUT2D eigenvalue weighted by Gasteiger charge is -1.99. The number of nitrogens with two attached hydrogens (primary N) is 1. The molecule has 0 saturated heterocycles. The second-order valence-corrected chi connectivity index (χ2v) is 5.38. The number of thiazole rings is 1. The van der Waals surface area contributed by atoms with Crippen molar-refractivity contribution in [3.8, 4) is 0 Å². The fourth-order valence-electron chi connectivity index (χ4n) is 1.17. The summed E-state index contributed by atoms with van der Waals surface area (Å²) in [5.74, 6) is 0. The molecule has 0 saturated carbocycles. The average Bonchev–Trinajstić information content (AvgIpc) is 2.65. The van der Waals surface area contributed by atoms with E-state index in [1.165, 1.54) is 4.90 Å². The summed E-state index contributed by atoms with van der Waals surface area (Å²) in [6.07, 6.45) is 0. The van der Waals surface area contributed by atoms with Crippen molar-refractivity contribution < 1.29 is 0 Å². The number of rotatable bonds is 3. The Kier molecular flexibility index (Phi) is 3.41. The first-order chi connectivity index (χ1) is 7.28. The normalized spacial score (nSPS) is 10.5. The first-order valence-electron chi connectivity index (χ1n) is 4.67. The van der Waals surface area contributed by atoms with Crippen LogP contribution in [-0.2, 0) is 6.54 Å². The van der Waals surface area contributed by atoms with Crippen molar-refractivity contribution in [1.29, 1.82) is 0 Å². The Hall–Kier alpha value is -0.840. The molecule has 1 aromatic heterocycles. The number of aromatic nitrogens is 1. The minimum absolute atomic E-state index is 0.599. The van der Waals surface area contributed by atoms with Gasteiger partial charge in [0.2, 0.25) is 0 Å². The van der Waals surface area contributed by atoms with Crippen LogP contribution in [0, 0.1) is 6.92 Å². The van der Waals surface area contributed by atoms with Crippen molar-refractivity contribution in [3.63, 3.8) is 0 Å². The van der Waals surface area contributed by atoms with Gasteiger partial charge in [-0.15, -0.1) is 11.3 Å². The summed E-state index contributed by atoms with van der Waals surface area (Å²) < 4.78 is 1.09. The number of aryl methyl sites for hydroxylation is 1. The maximum absolute atomic E-state index is 5.54. The first kappa shape index (κ1) is 10.7. The van der Waals surface area contributed by atoms with Gasteiger partial charge in [-0.2, -0.15) is 0 Å². The summed E-state index contributed by atoms with van der Waals surface area (Å²) in [5, 5.41) is 2.07. The van der Waals surface area contributed by atoms with Gasteiger partial charge in [-0.3, -0.25) is 0 Å². The lowest BCUT2D eigenvalue weighted by Crippen LogP contribution is -1.94. The summed E-state index contributed by atoms with van der Waals surface area (Å²) in [7, 11) is 0. The zero-order chi connectivity index (χ0) is 10.7. The highest BCUT2D eigenvalue weighted by Crippen LogP contribution is 2.30. The van der Waals surface area contributed by atoms with Gasteiger partial charge in [0.25, 0.3) is 0 Å². The van der Waals surface area contributed by atoms with Gasteiger partial charge in [0.05, 0.1) is 0 Å². The summed E-state index contributed by atoms with van der Waals surface area (Å²) >= 11 is 3.38. The summed E-state index contributed by atoms with van der Waals surface area (Å²) in [5.41, 5.74) is 7.78. The van der Waals surface area contributed by atoms with Crippen LogP contribution in [0.5, 0.6) is 0 Å². The van der Waals surface area contributed by atoms with Crippen LogP contribution in [0.3, 0.4) is 0 Å². The van der Waals surface area contributed by atoms with E-state index in [0.717, 1.165) is 15.6 Å². The SMILES string of the molecule is Cc1csc(Sc2ccc(CN)cc2)n1. The molecule has 0 unspecified atom stereocenters. The molecule has 0 bridgehead atoms. The predicted molar refractivity (Wildman–Crippen MR) is 65.3 cm³/mol. The molecule has 2 N–H and O–H groups in total. The molecule has 0 aliphatic carbocycles. The molecule has 1 heterocycles. The standard InChI is InChI=1S/C11H12N2S2/c1-8-7-14-11(13-8)15-10-4-2-9(6-12)3-5-10/h2-5,7H,6,12H2,1H3. The van der Waals surface area contributed by atoms with Gasteiger partial charge in [0.1, 0.15) is 0 Å². The molecule has 15 heavy (non-hydrogen) atoms. The smallest absolute Gasteiger partial charge is 0.154 e. The quantitative estimate of drug-likeness (QED) is 0.890. The van der Waals surface area contributed by atoms with E-state index in [9.17, 15) is 0 Å². The Morgan fingerprint density at radius 3 is 2.60 bits per heavy atom. The van der Waals surface area contributed by atoms with E-state index in [1.54, 1.807) is 23.1 Å². The van der Waals surface area contributed by atoms with Crippen molar-refractivity contribution in [2.75, 3.05) is 0 Å². The Morgan fingerprint density at radius 1 is 1.33 bits per heavy atom. The zero-order valence-electron chi connectivity index (χ0n) is 8.43. The molecule has 78 valence electrons. The van der Waals surface area contributed by atoms with Crippen molar-refractivity contribution in [3.05, 3.63) is 40.9 Å². The number of hydrogen-bond donors (Lipinski definition) is 1. The van der Waals surface area contributed by atoms with E-state index in [4.69, 9.17) is 5.73 Å². The second-order valence-electron chi connectivity index (χ2n) is 3.20. The van der Waals surface area contributed by atoms with E-state index in [-0.39, 0.29) is 0 Å². The lowest BCUT2D eigenvalue weighted by molar-refractivity contribution is 1.06. The van der Waals surface area contributed by atoms with Crippen LogP contribution in [0.25, 0.3) is 0 Å². The maximum Gasteiger partial charge on any atom is 0.154 e. The van der Waals surface area contributed by atoms with E-state index in [0.29, 0.717) is 6.54 Å².